The van der Waals surface area contributed by atoms with E-state index >= 15 is 0 Å². The zero-order valence-corrected chi connectivity index (χ0v) is 14.3. The second kappa shape index (κ2) is 6.64. The second-order valence-electron chi connectivity index (χ2n) is 6.08. The van der Waals surface area contributed by atoms with Crippen LogP contribution in [-0.2, 0) is 0 Å². The molecule has 0 unspecified atom stereocenters. The van der Waals surface area contributed by atoms with E-state index in [4.69, 9.17) is 4.42 Å². The van der Waals surface area contributed by atoms with Crippen LogP contribution in [0.25, 0.3) is 22.6 Å². The predicted molar refractivity (Wildman–Crippen MR) is 98.5 cm³/mol. The summed E-state index contributed by atoms with van der Waals surface area (Å²) in [5.41, 5.74) is 2.89. The lowest BCUT2D eigenvalue weighted by atomic mass is 10.1. The standard InChI is InChI=1S/C21H14F2N2O2/c1-12-17(23)9-10-18-19(12)25-21(27-18)13-5-7-16(8-6-13)24-20(26)14-3-2-4-15(22)11-14/h2-11H,1H3,(H,24,26). The van der Waals surface area contributed by atoms with Gasteiger partial charge in [-0.25, -0.2) is 13.8 Å². The van der Waals surface area contributed by atoms with Crippen LogP contribution in [-0.4, -0.2) is 10.9 Å². The van der Waals surface area contributed by atoms with Gasteiger partial charge in [0, 0.05) is 22.4 Å². The van der Waals surface area contributed by atoms with Gasteiger partial charge in [-0.2, -0.15) is 0 Å². The van der Waals surface area contributed by atoms with Gasteiger partial charge in [0.1, 0.15) is 17.2 Å². The number of hydrogen-bond donors (Lipinski definition) is 1. The molecule has 0 saturated heterocycles. The third-order valence-electron chi connectivity index (χ3n) is 4.22. The first kappa shape index (κ1) is 16.9. The monoisotopic (exact) mass is 364 g/mol. The fourth-order valence-corrected chi connectivity index (χ4v) is 2.75. The van der Waals surface area contributed by atoms with Crippen molar-refractivity contribution in [3.8, 4) is 11.5 Å². The molecule has 0 aliphatic carbocycles. The van der Waals surface area contributed by atoms with Gasteiger partial charge in [0.25, 0.3) is 5.91 Å². The quantitative estimate of drug-likeness (QED) is 0.534. The highest BCUT2D eigenvalue weighted by Crippen LogP contribution is 2.28. The number of amides is 1. The van der Waals surface area contributed by atoms with E-state index in [0.29, 0.717) is 33.8 Å². The Morgan fingerprint density at radius 2 is 1.81 bits per heavy atom. The van der Waals surface area contributed by atoms with Crippen LogP contribution in [0.15, 0.2) is 65.1 Å². The number of oxazole rings is 1. The van der Waals surface area contributed by atoms with Gasteiger partial charge in [0.05, 0.1) is 0 Å². The summed E-state index contributed by atoms with van der Waals surface area (Å²) < 4.78 is 32.6. The maximum absolute atomic E-state index is 13.7. The van der Waals surface area contributed by atoms with E-state index in [-0.39, 0.29) is 11.4 Å². The summed E-state index contributed by atoms with van der Waals surface area (Å²) in [4.78, 5) is 16.5. The number of halogens is 2. The van der Waals surface area contributed by atoms with E-state index in [9.17, 15) is 13.6 Å². The van der Waals surface area contributed by atoms with Crippen LogP contribution in [0.1, 0.15) is 15.9 Å². The number of hydrogen-bond acceptors (Lipinski definition) is 3. The molecule has 4 rings (SSSR count). The van der Waals surface area contributed by atoms with Crippen molar-refractivity contribution in [1.29, 1.82) is 0 Å². The minimum Gasteiger partial charge on any atom is -0.436 e. The second-order valence-corrected chi connectivity index (χ2v) is 6.08. The Hall–Kier alpha value is -3.54. The molecule has 0 aliphatic rings. The predicted octanol–water partition coefficient (Wildman–Crippen LogP) is 5.33. The van der Waals surface area contributed by atoms with Crippen LogP contribution in [0.3, 0.4) is 0 Å². The highest BCUT2D eigenvalue weighted by atomic mass is 19.1. The van der Waals surface area contributed by atoms with E-state index in [1.807, 2.05) is 0 Å². The molecule has 6 heteroatoms. The first-order valence-electron chi connectivity index (χ1n) is 8.24. The van der Waals surface area contributed by atoms with Crippen LogP contribution in [0.5, 0.6) is 0 Å². The van der Waals surface area contributed by atoms with Gasteiger partial charge in [0.2, 0.25) is 5.89 Å². The Balaban J connectivity index is 1.57. The molecule has 0 radical (unpaired) electrons. The summed E-state index contributed by atoms with van der Waals surface area (Å²) in [5, 5.41) is 2.70. The third-order valence-corrected chi connectivity index (χ3v) is 4.22. The van der Waals surface area contributed by atoms with Gasteiger partial charge in [-0.1, -0.05) is 6.07 Å². The zero-order chi connectivity index (χ0) is 19.0. The molecule has 0 saturated carbocycles. The Bertz CT molecular complexity index is 1150. The number of carbonyl (C=O) groups is 1. The SMILES string of the molecule is Cc1c(F)ccc2oc(-c3ccc(NC(=O)c4cccc(F)c4)cc3)nc12. The molecule has 0 spiro atoms. The average molecular weight is 364 g/mol. The topological polar surface area (TPSA) is 55.1 Å². The normalized spacial score (nSPS) is 10.9. The molecule has 0 bridgehead atoms. The van der Waals surface area contributed by atoms with Gasteiger partial charge in [0.15, 0.2) is 5.58 Å². The molecule has 1 heterocycles. The van der Waals surface area contributed by atoms with Crippen molar-refractivity contribution in [2.45, 2.75) is 6.92 Å². The maximum Gasteiger partial charge on any atom is 0.255 e. The number of anilines is 1. The van der Waals surface area contributed by atoms with Crippen LogP contribution < -0.4 is 5.32 Å². The van der Waals surface area contributed by atoms with Gasteiger partial charge in [-0.15, -0.1) is 0 Å². The number of nitrogens with one attached hydrogen (secondary N) is 1. The molecule has 0 aliphatic heterocycles. The minimum atomic E-state index is -0.472. The van der Waals surface area contributed by atoms with Crippen LogP contribution >= 0.6 is 0 Å². The first-order valence-corrected chi connectivity index (χ1v) is 8.24. The summed E-state index contributed by atoms with van der Waals surface area (Å²) in [6.07, 6.45) is 0. The van der Waals surface area contributed by atoms with Crippen molar-refractivity contribution < 1.29 is 18.0 Å². The zero-order valence-electron chi connectivity index (χ0n) is 14.3. The number of aromatic nitrogens is 1. The number of rotatable bonds is 3. The number of aryl methyl sites for hydroxylation is 1. The molecular weight excluding hydrogens is 350 g/mol. The van der Waals surface area contributed by atoms with Crippen LogP contribution in [0, 0.1) is 18.6 Å². The smallest absolute Gasteiger partial charge is 0.255 e. The first-order chi connectivity index (χ1) is 13.0. The van der Waals surface area contributed by atoms with Crippen molar-refractivity contribution in [3.63, 3.8) is 0 Å². The molecule has 4 nitrogen and oxygen atoms in total. The van der Waals surface area contributed by atoms with E-state index in [1.165, 1.54) is 30.3 Å². The van der Waals surface area contributed by atoms with E-state index < -0.39 is 11.7 Å². The highest BCUT2D eigenvalue weighted by molar-refractivity contribution is 6.04. The molecule has 0 atom stereocenters. The maximum atomic E-state index is 13.7. The molecular formula is C21H14F2N2O2. The van der Waals surface area contributed by atoms with Gasteiger partial charge >= 0.3 is 0 Å². The van der Waals surface area contributed by atoms with Crippen molar-refractivity contribution in [2.24, 2.45) is 0 Å². The lowest BCUT2D eigenvalue weighted by Gasteiger charge is -2.06. The molecule has 134 valence electrons. The summed E-state index contributed by atoms with van der Waals surface area (Å²) in [6.45, 7) is 1.65. The van der Waals surface area contributed by atoms with Gasteiger partial charge in [-0.3, -0.25) is 4.79 Å². The third kappa shape index (κ3) is 3.29. The summed E-state index contributed by atoms with van der Waals surface area (Å²) in [6, 6.07) is 15.2. The van der Waals surface area contributed by atoms with Gasteiger partial charge in [-0.05, 0) is 61.5 Å². The Kier molecular flexibility index (Phi) is 4.16. The summed E-state index contributed by atoms with van der Waals surface area (Å²) in [7, 11) is 0. The minimum absolute atomic E-state index is 0.232. The molecule has 27 heavy (non-hydrogen) atoms. The van der Waals surface area contributed by atoms with Crippen molar-refractivity contribution in [2.75, 3.05) is 5.32 Å². The van der Waals surface area contributed by atoms with E-state index in [1.54, 1.807) is 37.3 Å². The molecule has 1 aromatic heterocycles. The number of benzene rings is 3. The fraction of sp³-hybridized carbons (Fsp3) is 0.0476. The van der Waals surface area contributed by atoms with E-state index in [0.717, 1.165) is 0 Å². The van der Waals surface area contributed by atoms with Crippen molar-refractivity contribution in [3.05, 3.63) is 83.4 Å². The molecule has 1 N–H and O–H groups in total. The number of nitrogens with zero attached hydrogens (tertiary/aromatic N) is 1. The average Bonchev–Trinajstić information content (AvgIpc) is 3.10. The van der Waals surface area contributed by atoms with E-state index in [2.05, 4.69) is 10.3 Å². The Morgan fingerprint density at radius 1 is 1.04 bits per heavy atom. The van der Waals surface area contributed by atoms with Crippen LogP contribution in [0.4, 0.5) is 14.5 Å². The summed E-state index contributed by atoms with van der Waals surface area (Å²) >= 11 is 0. The lowest BCUT2D eigenvalue weighted by Crippen LogP contribution is -2.11. The lowest BCUT2D eigenvalue weighted by molar-refractivity contribution is 0.102. The Morgan fingerprint density at radius 3 is 2.56 bits per heavy atom. The van der Waals surface area contributed by atoms with Crippen molar-refractivity contribution >= 4 is 22.7 Å². The molecule has 0 fully saturated rings. The summed E-state index contributed by atoms with van der Waals surface area (Å²) in [5.74, 6) is -0.852. The molecule has 3 aromatic carbocycles. The number of carbonyl (C=O) groups excluding carboxylic acids is 1. The largest absolute Gasteiger partial charge is 0.436 e. The van der Waals surface area contributed by atoms with Gasteiger partial charge < -0.3 is 9.73 Å². The highest BCUT2D eigenvalue weighted by Gasteiger charge is 2.13. The van der Waals surface area contributed by atoms with Crippen molar-refractivity contribution in [1.82, 2.24) is 4.98 Å². The molecule has 4 aromatic rings. The Labute approximate surface area is 153 Å². The van der Waals surface area contributed by atoms with Crippen LogP contribution in [0.2, 0.25) is 0 Å². The number of fused-ring (bicyclic) bond motifs is 1. The fourth-order valence-electron chi connectivity index (χ4n) is 2.75. The molecule has 1 amide bonds.